The first-order valence-corrected chi connectivity index (χ1v) is 7.89. The molecule has 3 heterocycles. The van der Waals surface area contributed by atoms with Crippen LogP contribution in [0, 0.1) is 5.92 Å². The molecule has 0 bridgehead atoms. The molecule has 23 heavy (non-hydrogen) atoms. The SMILES string of the molecule is CN(Cc1ccncc1)C(=O)C1CCN(c2cnccn2)CC1. The predicted molar refractivity (Wildman–Crippen MR) is 87.7 cm³/mol. The quantitative estimate of drug-likeness (QED) is 0.861. The van der Waals surface area contributed by atoms with Crippen molar-refractivity contribution in [1.82, 2.24) is 19.9 Å². The first kappa shape index (κ1) is 15.4. The molecule has 0 unspecified atom stereocenters. The average molecular weight is 311 g/mol. The van der Waals surface area contributed by atoms with E-state index in [0.29, 0.717) is 6.54 Å². The number of aromatic nitrogens is 3. The highest BCUT2D eigenvalue weighted by Gasteiger charge is 2.27. The lowest BCUT2D eigenvalue weighted by atomic mass is 9.95. The largest absolute Gasteiger partial charge is 0.355 e. The lowest BCUT2D eigenvalue weighted by Gasteiger charge is -2.33. The molecule has 0 N–H and O–H groups in total. The third-order valence-corrected chi connectivity index (χ3v) is 4.26. The van der Waals surface area contributed by atoms with Crippen LogP contribution in [-0.2, 0) is 11.3 Å². The number of piperidine rings is 1. The summed E-state index contributed by atoms with van der Waals surface area (Å²) in [7, 11) is 1.87. The standard InChI is InChI=1S/C17H21N5O/c1-21(13-14-2-6-18-7-3-14)17(23)15-4-10-22(11-5-15)16-12-19-8-9-20-16/h2-3,6-9,12,15H,4-5,10-11,13H2,1H3. The van der Waals surface area contributed by atoms with E-state index in [-0.39, 0.29) is 11.8 Å². The molecule has 1 amide bonds. The maximum absolute atomic E-state index is 12.6. The Morgan fingerprint density at radius 2 is 1.91 bits per heavy atom. The summed E-state index contributed by atoms with van der Waals surface area (Å²) >= 11 is 0. The Balaban J connectivity index is 1.54. The third kappa shape index (κ3) is 3.83. The van der Waals surface area contributed by atoms with Gasteiger partial charge in [0, 0.05) is 57.4 Å². The Bertz CT molecular complexity index is 626. The molecule has 3 rings (SSSR count). The minimum absolute atomic E-state index is 0.0924. The van der Waals surface area contributed by atoms with Crippen LogP contribution in [0.5, 0.6) is 0 Å². The zero-order valence-corrected chi connectivity index (χ0v) is 13.3. The van der Waals surface area contributed by atoms with Crippen LogP contribution < -0.4 is 4.90 Å². The molecule has 120 valence electrons. The molecule has 1 saturated heterocycles. The Morgan fingerprint density at radius 1 is 1.17 bits per heavy atom. The number of anilines is 1. The fourth-order valence-electron chi connectivity index (χ4n) is 2.96. The number of pyridine rings is 1. The summed E-state index contributed by atoms with van der Waals surface area (Å²) in [5.41, 5.74) is 1.10. The minimum atomic E-state index is 0.0924. The Labute approximate surface area is 136 Å². The van der Waals surface area contributed by atoms with E-state index in [0.717, 1.165) is 37.3 Å². The summed E-state index contributed by atoms with van der Waals surface area (Å²) in [5.74, 6) is 1.21. The van der Waals surface area contributed by atoms with Gasteiger partial charge in [0.15, 0.2) is 0 Å². The van der Waals surface area contributed by atoms with E-state index in [4.69, 9.17) is 0 Å². The minimum Gasteiger partial charge on any atom is -0.355 e. The van der Waals surface area contributed by atoms with Crippen LogP contribution in [0.15, 0.2) is 43.1 Å². The Kier molecular flexibility index (Phi) is 4.80. The van der Waals surface area contributed by atoms with Crippen molar-refractivity contribution in [2.24, 2.45) is 5.92 Å². The van der Waals surface area contributed by atoms with Crippen molar-refractivity contribution < 1.29 is 4.79 Å². The highest BCUT2D eigenvalue weighted by molar-refractivity contribution is 5.78. The van der Waals surface area contributed by atoms with Gasteiger partial charge in [-0.05, 0) is 30.5 Å². The number of rotatable bonds is 4. The van der Waals surface area contributed by atoms with Crippen LogP contribution in [-0.4, -0.2) is 45.9 Å². The molecule has 1 aliphatic heterocycles. The maximum atomic E-state index is 12.6. The second kappa shape index (κ2) is 7.17. The second-order valence-corrected chi connectivity index (χ2v) is 5.87. The number of nitrogens with zero attached hydrogens (tertiary/aromatic N) is 5. The first-order valence-electron chi connectivity index (χ1n) is 7.89. The van der Waals surface area contributed by atoms with Gasteiger partial charge in [0.05, 0.1) is 6.20 Å². The van der Waals surface area contributed by atoms with E-state index >= 15 is 0 Å². The van der Waals surface area contributed by atoms with Crippen molar-refractivity contribution in [3.63, 3.8) is 0 Å². The molecule has 0 atom stereocenters. The molecule has 1 fully saturated rings. The molecule has 6 nitrogen and oxygen atoms in total. The number of carbonyl (C=O) groups excluding carboxylic acids is 1. The number of hydrogen-bond donors (Lipinski definition) is 0. The normalized spacial score (nSPS) is 15.4. The Morgan fingerprint density at radius 3 is 2.57 bits per heavy atom. The molecule has 6 heteroatoms. The molecular weight excluding hydrogens is 290 g/mol. The van der Waals surface area contributed by atoms with Crippen LogP contribution in [0.2, 0.25) is 0 Å². The van der Waals surface area contributed by atoms with Crippen LogP contribution in [0.3, 0.4) is 0 Å². The van der Waals surface area contributed by atoms with Gasteiger partial charge in [0.2, 0.25) is 5.91 Å². The van der Waals surface area contributed by atoms with Gasteiger partial charge in [-0.2, -0.15) is 0 Å². The summed E-state index contributed by atoms with van der Waals surface area (Å²) in [5, 5.41) is 0. The van der Waals surface area contributed by atoms with Crippen molar-refractivity contribution in [2.45, 2.75) is 19.4 Å². The average Bonchev–Trinajstić information content (AvgIpc) is 2.63. The molecule has 0 spiro atoms. The number of hydrogen-bond acceptors (Lipinski definition) is 5. The number of amides is 1. The van der Waals surface area contributed by atoms with E-state index in [1.807, 2.05) is 24.1 Å². The monoisotopic (exact) mass is 311 g/mol. The van der Waals surface area contributed by atoms with E-state index in [1.165, 1.54) is 0 Å². The van der Waals surface area contributed by atoms with Crippen molar-refractivity contribution in [1.29, 1.82) is 0 Å². The van der Waals surface area contributed by atoms with Crippen molar-refractivity contribution in [3.8, 4) is 0 Å². The fourth-order valence-corrected chi connectivity index (χ4v) is 2.96. The fraction of sp³-hybridized carbons (Fsp3) is 0.412. The first-order chi connectivity index (χ1) is 11.2. The lowest BCUT2D eigenvalue weighted by Crippen LogP contribution is -2.41. The summed E-state index contributed by atoms with van der Waals surface area (Å²) in [4.78, 5) is 29.1. The smallest absolute Gasteiger partial charge is 0.225 e. The van der Waals surface area contributed by atoms with Gasteiger partial charge in [0.1, 0.15) is 5.82 Å². The van der Waals surface area contributed by atoms with Crippen molar-refractivity contribution in [3.05, 3.63) is 48.7 Å². The highest BCUT2D eigenvalue weighted by atomic mass is 16.2. The van der Waals surface area contributed by atoms with Gasteiger partial charge in [-0.25, -0.2) is 4.98 Å². The topological polar surface area (TPSA) is 62.2 Å². The van der Waals surface area contributed by atoms with Gasteiger partial charge in [-0.15, -0.1) is 0 Å². The highest BCUT2D eigenvalue weighted by Crippen LogP contribution is 2.23. The molecule has 0 saturated carbocycles. The summed E-state index contributed by atoms with van der Waals surface area (Å²) in [6.45, 7) is 2.32. The summed E-state index contributed by atoms with van der Waals surface area (Å²) in [6.07, 6.45) is 10.4. The summed E-state index contributed by atoms with van der Waals surface area (Å²) in [6, 6.07) is 3.89. The molecule has 2 aromatic rings. The van der Waals surface area contributed by atoms with Gasteiger partial charge in [-0.1, -0.05) is 0 Å². The molecule has 0 aliphatic carbocycles. The lowest BCUT2D eigenvalue weighted by molar-refractivity contribution is -0.135. The third-order valence-electron chi connectivity index (χ3n) is 4.26. The summed E-state index contributed by atoms with van der Waals surface area (Å²) < 4.78 is 0. The molecule has 0 aromatic carbocycles. The number of carbonyl (C=O) groups is 1. The van der Waals surface area contributed by atoms with E-state index in [2.05, 4.69) is 19.9 Å². The van der Waals surface area contributed by atoms with Crippen molar-refractivity contribution in [2.75, 3.05) is 25.0 Å². The van der Waals surface area contributed by atoms with Gasteiger partial charge in [-0.3, -0.25) is 14.8 Å². The molecular formula is C17H21N5O. The van der Waals surface area contributed by atoms with E-state index < -0.39 is 0 Å². The van der Waals surface area contributed by atoms with Gasteiger partial charge >= 0.3 is 0 Å². The predicted octanol–water partition coefficient (Wildman–Crippen LogP) is 1.75. The van der Waals surface area contributed by atoms with Crippen LogP contribution >= 0.6 is 0 Å². The molecule has 2 aromatic heterocycles. The molecule has 0 radical (unpaired) electrons. The van der Waals surface area contributed by atoms with Gasteiger partial charge in [0.25, 0.3) is 0 Å². The maximum Gasteiger partial charge on any atom is 0.225 e. The van der Waals surface area contributed by atoms with Crippen LogP contribution in [0.1, 0.15) is 18.4 Å². The van der Waals surface area contributed by atoms with Crippen molar-refractivity contribution >= 4 is 11.7 Å². The molecule has 1 aliphatic rings. The van der Waals surface area contributed by atoms with E-state index in [1.54, 1.807) is 31.0 Å². The van der Waals surface area contributed by atoms with Gasteiger partial charge < -0.3 is 9.80 Å². The zero-order valence-electron chi connectivity index (χ0n) is 13.3. The second-order valence-electron chi connectivity index (χ2n) is 5.87. The Hall–Kier alpha value is -2.50. The zero-order chi connectivity index (χ0) is 16.1. The van der Waals surface area contributed by atoms with E-state index in [9.17, 15) is 4.79 Å². The van der Waals surface area contributed by atoms with Crippen LogP contribution in [0.4, 0.5) is 5.82 Å². The van der Waals surface area contributed by atoms with Crippen LogP contribution in [0.25, 0.3) is 0 Å².